The topological polar surface area (TPSA) is 52.3 Å². The Morgan fingerprint density at radius 3 is 2.71 bits per heavy atom. The van der Waals surface area contributed by atoms with E-state index in [9.17, 15) is 9.18 Å². The Hall–Kier alpha value is -1.58. The van der Waals surface area contributed by atoms with E-state index in [1.165, 1.54) is 13.2 Å². The molecule has 1 aromatic carbocycles. The van der Waals surface area contributed by atoms with Crippen molar-refractivity contribution in [1.29, 1.82) is 0 Å². The summed E-state index contributed by atoms with van der Waals surface area (Å²) in [5, 5.41) is 0. The van der Waals surface area contributed by atoms with Crippen molar-refractivity contribution >= 4 is 5.91 Å². The van der Waals surface area contributed by atoms with E-state index >= 15 is 0 Å². The van der Waals surface area contributed by atoms with Gasteiger partial charge in [0.15, 0.2) is 0 Å². The number of rotatable bonds is 3. The summed E-state index contributed by atoms with van der Waals surface area (Å²) in [4.78, 5) is 10.6. The van der Waals surface area contributed by atoms with Crippen molar-refractivity contribution in [3.05, 3.63) is 29.1 Å². The molecule has 76 valence electrons. The summed E-state index contributed by atoms with van der Waals surface area (Å²) < 4.78 is 18.4. The molecule has 14 heavy (non-hydrogen) atoms. The van der Waals surface area contributed by atoms with Gasteiger partial charge in [-0.05, 0) is 24.6 Å². The molecule has 0 aromatic heterocycles. The number of carbonyl (C=O) groups is 1. The predicted molar refractivity (Wildman–Crippen MR) is 50.6 cm³/mol. The average molecular weight is 197 g/mol. The number of hydrogen-bond donors (Lipinski definition) is 1. The third-order valence-electron chi connectivity index (χ3n) is 1.90. The summed E-state index contributed by atoms with van der Waals surface area (Å²) in [5.41, 5.74) is 5.71. The lowest BCUT2D eigenvalue weighted by Gasteiger charge is -2.07. The van der Waals surface area contributed by atoms with Crippen LogP contribution in [0.15, 0.2) is 12.1 Å². The Kier molecular flexibility index (Phi) is 3.06. The number of primary amides is 1. The molecule has 1 amide bonds. The van der Waals surface area contributed by atoms with E-state index in [2.05, 4.69) is 0 Å². The monoisotopic (exact) mass is 197 g/mol. The lowest BCUT2D eigenvalue weighted by Crippen LogP contribution is -2.15. The molecule has 0 saturated heterocycles. The zero-order valence-electron chi connectivity index (χ0n) is 8.13. The van der Waals surface area contributed by atoms with Crippen molar-refractivity contribution < 1.29 is 13.9 Å². The summed E-state index contributed by atoms with van der Waals surface area (Å²) in [6.45, 7) is 1.61. The van der Waals surface area contributed by atoms with Gasteiger partial charge < -0.3 is 10.5 Å². The van der Waals surface area contributed by atoms with Crippen LogP contribution in [0.2, 0.25) is 0 Å². The van der Waals surface area contributed by atoms with Gasteiger partial charge in [-0.1, -0.05) is 0 Å². The van der Waals surface area contributed by atoms with Gasteiger partial charge in [0.25, 0.3) is 0 Å². The number of amides is 1. The number of carbonyl (C=O) groups excluding carboxylic acids is 1. The quantitative estimate of drug-likeness (QED) is 0.790. The first-order chi connectivity index (χ1) is 6.54. The SMILES string of the molecule is COc1cc(C)c(F)c(CC(N)=O)c1. The molecular weight excluding hydrogens is 185 g/mol. The first kappa shape index (κ1) is 10.5. The Labute approximate surface area is 81.7 Å². The van der Waals surface area contributed by atoms with Crippen LogP contribution in [0.3, 0.4) is 0 Å². The van der Waals surface area contributed by atoms with Crippen LogP contribution in [0.1, 0.15) is 11.1 Å². The van der Waals surface area contributed by atoms with E-state index in [4.69, 9.17) is 10.5 Å². The molecule has 0 bridgehead atoms. The summed E-state index contributed by atoms with van der Waals surface area (Å²) in [7, 11) is 1.49. The highest BCUT2D eigenvalue weighted by Crippen LogP contribution is 2.20. The molecule has 1 aromatic rings. The highest BCUT2D eigenvalue weighted by Gasteiger charge is 2.10. The summed E-state index contributed by atoms with van der Waals surface area (Å²) in [6.07, 6.45) is -0.107. The van der Waals surface area contributed by atoms with E-state index in [-0.39, 0.29) is 12.0 Å². The Morgan fingerprint density at radius 1 is 1.57 bits per heavy atom. The van der Waals surface area contributed by atoms with E-state index in [1.54, 1.807) is 13.0 Å². The summed E-state index contributed by atoms with van der Waals surface area (Å²) in [5.74, 6) is -0.429. The molecule has 0 aliphatic carbocycles. The number of ether oxygens (including phenoxy) is 1. The fourth-order valence-electron chi connectivity index (χ4n) is 1.24. The lowest BCUT2D eigenvalue weighted by molar-refractivity contribution is -0.117. The van der Waals surface area contributed by atoms with E-state index in [0.717, 1.165) is 0 Å². The number of halogens is 1. The summed E-state index contributed by atoms with van der Waals surface area (Å²) in [6, 6.07) is 3.05. The van der Waals surface area contributed by atoms with Crippen molar-refractivity contribution in [2.45, 2.75) is 13.3 Å². The van der Waals surface area contributed by atoms with Gasteiger partial charge >= 0.3 is 0 Å². The maximum absolute atomic E-state index is 13.4. The first-order valence-electron chi connectivity index (χ1n) is 4.16. The van der Waals surface area contributed by atoms with Gasteiger partial charge in [0, 0.05) is 5.56 Å². The van der Waals surface area contributed by atoms with Crippen LogP contribution in [-0.4, -0.2) is 13.0 Å². The molecule has 0 radical (unpaired) electrons. The maximum atomic E-state index is 13.4. The number of hydrogen-bond acceptors (Lipinski definition) is 2. The summed E-state index contributed by atoms with van der Waals surface area (Å²) >= 11 is 0. The third kappa shape index (κ3) is 2.22. The molecule has 0 aliphatic heterocycles. The molecule has 0 spiro atoms. The zero-order valence-corrected chi connectivity index (χ0v) is 8.13. The highest BCUT2D eigenvalue weighted by molar-refractivity contribution is 5.76. The molecule has 0 heterocycles. The van der Waals surface area contributed by atoms with Crippen LogP contribution < -0.4 is 10.5 Å². The molecule has 3 nitrogen and oxygen atoms in total. The second-order valence-corrected chi connectivity index (χ2v) is 3.06. The second-order valence-electron chi connectivity index (χ2n) is 3.06. The van der Waals surface area contributed by atoms with E-state index in [0.29, 0.717) is 11.3 Å². The van der Waals surface area contributed by atoms with Gasteiger partial charge in [-0.2, -0.15) is 0 Å². The smallest absolute Gasteiger partial charge is 0.221 e. The van der Waals surface area contributed by atoms with Gasteiger partial charge in [-0.3, -0.25) is 4.79 Å². The van der Waals surface area contributed by atoms with Crippen LogP contribution in [0.25, 0.3) is 0 Å². The minimum atomic E-state index is -0.559. The van der Waals surface area contributed by atoms with Crippen molar-refractivity contribution in [2.75, 3.05) is 7.11 Å². The highest BCUT2D eigenvalue weighted by atomic mass is 19.1. The van der Waals surface area contributed by atoms with Crippen LogP contribution in [-0.2, 0) is 11.2 Å². The molecule has 4 heteroatoms. The van der Waals surface area contributed by atoms with Crippen molar-refractivity contribution in [3.63, 3.8) is 0 Å². The molecular formula is C10H12FNO2. The second kappa shape index (κ2) is 4.09. The molecule has 0 unspecified atom stereocenters. The Bertz CT molecular complexity index is 363. The first-order valence-corrected chi connectivity index (χ1v) is 4.16. The van der Waals surface area contributed by atoms with Crippen LogP contribution in [0.5, 0.6) is 5.75 Å². The molecule has 0 atom stereocenters. The zero-order chi connectivity index (χ0) is 10.7. The molecule has 0 aliphatic rings. The maximum Gasteiger partial charge on any atom is 0.221 e. The normalized spacial score (nSPS) is 9.93. The number of nitrogens with two attached hydrogens (primary N) is 1. The van der Waals surface area contributed by atoms with Crippen molar-refractivity contribution in [2.24, 2.45) is 5.73 Å². The van der Waals surface area contributed by atoms with Crippen molar-refractivity contribution in [3.8, 4) is 5.75 Å². The van der Waals surface area contributed by atoms with Gasteiger partial charge in [0.2, 0.25) is 5.91 Å². The van der Waals surface area contributed by atoms with Crippen molar-refractivity contribution in [1.82, 2.24) is 0 Å². The fourth-order valence-corrected chi connectivity index (χ4v) is 1.24. The van der Waals surface area contributed by atoms with Crippen LogP contribution in [0.4, 0.5) is 4.39 Å². The minimum absolute atomic E-state index is 0.107. The largest absolute Gasteiger partial charge is 0.497 e. The Morgan fingerprint density at radius 2 is 2.21 bits per heavy atom. The molecule has 1 rings (SSSR count). The minimum Gasteiger partial charge on any atom is -0.497 e. The van der Waals surface area contributed by atoms with E-state index < -0.39 is 11.7 Å². The number of methoxy groups -OCH3 is 1. The van der Waals surface area contributed by atoms with Gasteiger partial charge in [0.05, 0.1) is 13.5 Å². The van der Waals surface area contributed by atoms with Gasteiger partial charge in [-0.15, -0.1) is 0 Å². The Balaban J connectivity index is 3.13. The molecule has 0 saturated carbocycles. The van der Waals surface area contributed by atoms with Gasteiger partial charge in [0.1, 0.15) is 11.6 Å². The third-order valence-corrected chi connectivity index (χ3v) is 1.90. The van der Waals surface area contributed by atoms with Gasteiger partial charge in [-0.25, -0.2) is 4.39 Å². The fraction of sp³-hybridized carbons (Fsp3) is 0.300. The average Bonchev–Trinajstić information content (AvgIpc) is 2.11. The standard InChI is InChI=1S/C10H12FNO2/c1-6-3-8(14-2)4-7(10(6)11)5-9(12)13/h3-4H,5H2,1-2H3,(H2,12,13). The molecule has 0 fully saturated rings. The molecule has 2 N–H and O–H groups in total. The van der Waals surface area contributed by atoms with Crippen LogP contribution >= 0.6 is 0 Å². The lowest BCUT2D eigenvalue weighted by atomic mass is 10.1. The predicted octanol–water partition coefficient (Wildman–Crippen LogP) is 1.17. The van der Waals surface area contributed by atoms with E-state index in [1.807, 2.05) is 0 Å². The van der Waals surface area contributed by atoms with Crippen LogP contribution in [0, 0.1) is 12.7 Å². The number of benzene rings is 1. The number of aryl methyl sites for hydroxylation is 1.